The molecule has 1 fully saturated rings. The van der Waals surface area contributed by atoms with Gasteiger partial charge < -0.3 is 10.4 Å². The number of anilines is 1. The SMILES string of the molecule is Cc1ccc(NC(=O)c2ccc(CN3CCCN(Cc4cccc(O)c4)CC3)cc2)cc1F. The van der Waals surface area contributed by atoms with Crippen LogP contribution in [0.15, 0.2) is 66.7 Å². The lowest BCUT2D eigenvalue weighted by Gasteiger charge is -2.22. The molecule has 0 atom stereocenters. The molecular formula is C27H30FN3O2. The molecule has 33 heavy (non-hydrogen) atoms. The number of amides is 1. The van der Waals surface area contributed by atoms with Crippen molar-refractivity contribution in [2.45, 2.75) is 26.4 Å². The van der Waals surface area contributed by atoms with Crippen LogP contribution >= 0.6 is 0 Å². The van der Waals surface area contributed by atoms with Gasteiger partial charge in [-0.1, -0.05) is 30.3 Å². The van der Waals surface area contributed by atoms with E-state index in [0.717, 1.165) is 56.8 Å². The largest absolute Gasteiger partial charge is 0.508 e. The van der Waals surface area contributed by atoms with Crippen LogP contribution in [-0.2, 0) is 13.1 Å². The van der Waals surface area contributed by atoms with Crippen LogP contribution in [0.3, 0.4) is 0 Å². The number of halogens is 1. The normalized spacial score (nSPS) is 15.2. The first kappa shape index (κ1) is 23.0. The third kappa shape index (κ3) is 6.40. The highest BCUT2D eigenvalue weighted by Gasteiger charge is 2.16. The molecule has 3 aromatic carbocycles. The molecule has 172 valence electrons. The number of benzene rings is 3. The molecule has 0 spiro atoms. The second-order valence-electron chi connectivity index (χ2n) is 8.69. The number of aromatic hydroxyl groups is 1. The molecule has 4 rings (SSSR count). The van der Waals surface area contributed by atoms with E-state index in [0.29, 0.717) is 22.6 Å². The van der Waals surface area contributed by atoms with E-state index in [4.69, 9.17) is 0 Å². The van der Waals surface area contributed by atoms with Crippen molar-refractivity contribution in [3.05, 3.63) is 94.8 Å². The summed E-state index contributed by atoms with van der Waals surface area (Å²) in [5.74, 6) is -0.268. The summed E-state index contributed by atoms with van der Waals surface area (Å²) >= 11 is 0. The number of carbonyl (C=O) groups is 1. The summed E-state index contributed by atoms with van der Waals surface area (Å²) in [5, 5.41) is 12.4. The predicted molar refractivity (Wildman–Crippen MR) is 129 cm³/mol. The Bertz CT molecular complexity index is 1100. The van der Waals surface area contributed by atoms with E-state index < -0.39 is 0 Å². The van der Waals surface area contributed by atoms with Crippen LogP contribution in [0, 0.1) is 12.7 Å². The molecule has 3 aromatic rings. The minimum Gasteiger partial charge on any atom is -0.508 e. The summed E-state index contributed by atoms with van der Waals surface area (Å²) in [6.07, 6.45) is 1.09. The van der Waals surface area contributed by atoms with E-state index in [1.807, 2.05) is 36.4 Å². The van der Waals surface area contributed by atoms with Crippen molar-refractivity contribution in [3.63, 3.8) is 0 Å². The lowest BCUT2D eigenvalue weighted by atomic mass is 10.1. The number of carbonyl (C=O) groups excluding carboxylic acids is 1. The van der Waals surface area contributed by atoms with E-state index in [1.54, 1.807) is 25.1 Å². The molecule has 0 saturated carbocycles. The topological polar surface area (TPSA) is 55.8 Å². The first-order valence-corrected chi connectivity index (χ1v) is 11.4. The third-order valence-corrected chi connectivity index (χ3v) is 6.05. The second kappa shape index (κ2) is 10.6. The van der Waals surface area contributed by atoms with Gasteiger partial charge in [0.15, 0.2) is 0 Å². The average molecular weight is 448 g/mol. The van der Waals surface area contributed by atoms with Gasteiger partial charge in [-0.2, -0.15) is 0 Å². The van der Waals surface area contributed by atoms with Crippen LogP contribution in [0.25, 0.3) is 0 Å². The standard InChI is InChI=1S/C27H30FN3O2/c1-20-6-11-24(17-26(20)28)29-27(33)23-9-7-21(8-10-23)18-30-12-3-13-31(15-14-30)19-22-4-2-5-25(32)16-22/h2,4-11,16-17,32H,3,12-15,18-19H2,1H3,(H,29,33). The van der Waals surface area contributed by atoms with Crippen LogP contribution in [0.2, 0.25) is 0 Å². The molecule has 6 heteroatoms. The van der Waals surface area contributed by atoms with Crippen molar-refractivity contribution in [1.82, 2.24) is 9.80 Å². The van der Waals surface area contributed by atoms with E-state index >= 15 is 0 Å². The summed E-state index contributed by atoms with van der Waals surface area (Å²) in [6, 6.07) is 19.8. The van der Waals surface area contributed by atoms with Crippen LogP contribution in [-0.4, -0.2) is 47.0 Å². The summed E-state index contributed by atoms with van der Waals surface area (Å²) in [4.78, 5) is 17.4. The van der Waals surface area contributed by atoms with E-state index in [1.165, 1.54) is 6.07 Å². The fourth-order valence-electron chi connectivity index (χ4n) is 4.15. The maximum atomic E-state index is 13.7. The highest BCUT2D eigenvalue weighted by molar-refractivity contribution is 6.04. The third-order valence-electron chi connectivity index (χ3n) is 6.05. The Morgan fingerprint density at radius 2 is 1.61 bits per heavy atom. The lowest BCUT2D eigenvalue weighted by Crippen LogP contribution is -2.30. The molecule has 2 N–H and O–H groups in total. The zero-order valence-electron chi connectivity index (χ0n) is 18.9. The van der Waals surface area contributed by atoms with Gasteiger partial charge in [0, 0.05) is 37.4 Å². The van der Waals surface area contributed by atoms with Crippen molar-refractivity contribution in [2.75, 3.05) is 31.5 Å². The Hall–Kier alpha value is -3.22. The number of aryl methyl sites for hydroxylation is 1. The van der Waals surface area contributed by atoms with Crippen molar-refractivity contribution < 1.29 is 14.3 Å². The van der Waals surface area contributed by atoms with Crippen molar-refractivity contribution in [2.24, 2.45) is 0 Å². The predicted octanol–water partition coefficient (Wildman–Crippen LogP) is 4.80. The van der Waals surface area contributed by atoms with E-state index in [-0.39, 0.29) is 11.7 Å². The molecule has 0 bridgehead atoms. The van der Waals surface area contributed by atoms with Crippen LogP contribution in [0.1, 0.15) is 33.5 Å². The van der Waals surface area contributed by atoms with Crippen LogP contribution in [0.5, 0.6) is 5.75 Å². The zero-order chi connectivity index (χ0) is 23.2. The van der Waals surface area contributed by atoms with Gasteiger partial charge in [0.25, 0.3) is 5.91 Å². The van der Waals surface area contributed by atoms with Gasteiger partial charge in [-0.25, -0.2) is 4.39 Å². The monoisotopic (exact) mass is 447 g/mol. The van der Waals surface area contributed by atoms with Gasteiger partial charge in [-0.3, -0.25) is 14.6 Å². The van der Waals surface area contributed by atoms with Crippen LogP contribution < -0.4 is 5.32 Å². The summed E-state index contributed by atoms with van der Waals surface area (Å²) in [6.45, 7) is 7.38. The second-order valence-corrected chi connectivity index (χ2v) is 8.69. The Morgan fingerprint density at radius 3 is 2.27 bits per heavy atom. The Labute approximate surface area is 194 Å². The molecule has 0 radical (unpaired) electrons. The van der Waals surface area contributed by atoms with Crippen LogP contribution in [0.4, 0.5) is 10.1 Å². The van der Waals surface area contributed by atoms with Gasteiger partial charge in [0.05, 0.1) is 0 Å². The van der Waals surface area contributed by atoms with Gasteiger partial charge in [0.2, 0.25) is 0 Å². The molecule has 0 aliphatic carbocycles. The molecule has 1 aliphatic heterocycles. The molecular weight excluding hydrogens is 417 g/mol. The Kier molecular flexibility index (Phi) is 7.37. The molecule has 0 aromatic heterocycles. The van der Waals surface area contributed by atoms with Gasteiger partial charge in [-0.05, 0) is 79.5 Å². The molecule has 1 aliphatic rings. The van der Waals surface area contributed by atoms with Gasteiger partial charge in [-0.15, -0.1) is 0 Å². The van der Waals surface area contributed by atoms with Crippen molar-refractivity contribution in [1.29, 1.82) is 0 Å². The summed E-state index contributed by atoms with van der Waals surface area (Å²) in [7, 11) is 0. The highest BCUT2D eigenvalue weighted by atomic mass is 19.1. The fraction of sp³-hybridized carbons (Fsp3) is 0.296. The zero-order valence-corrected chi connectivity index (χ0v) is 18.9. The fourth-order valence-corrected chi connectivity index (χ4v) is 4.15. The van der Waals surface area contributed by atoms with Crippen molar-refractivity contribution in [3.8, 4) is 5.75 Å². The summed E-state index contributed by atoms with van der Waals surface area (Å²) in [5.41, 5.74) is 3.84. The maximum absolute atomic E-state index is 13.7. The smallest absolute Gasteiger partial charge is 0.255 e. The minimum absolute atomic E-state index is 0.248. The number of hydrogen-bond acceptors (Lipinski definition) is 4. The molecule has 0 unspecified atom stereocenters. The van der Waals surface area contributed by atoms with Gasteiger partial charge in [0.1, 0.15) is 11.6 Å². The Morgan fingerprint density at radius 1 is 0.909 bits per heavy atom. The van der Waals surface area contributed by atoms with Gasteiger partial charge >= 0.3 is 0 Å². The first-order valence-electron chi connectivity index (χ1n) is 11.4. The summed E-state index contributed by atoms with van der Waals surface area (Å²) < 4.78 is 13.7. The maximum Gasteiger partial charge on any atom is 0.255 e. The number of hydrogen-bond donors (Lipinski definition) is 2. The number of phenolic OH excluding ortho intramolecular Hbond substituents is 1. The first-order chi connectivity index (χ1) is 16.0. The number of nitrogens with one attached hydrogen (secondary N) is 1. The lowest BCUT2D eigenvalue weighted by molar-refractivity contribution is 0.102. The molecule has 5 nitrogen and oxygen atoms in total. The highest BCUT2D eigenvalue weighted by Crippen LogP contribution is 2.17. The number of rotatable bonds is 6. The molecule has 1 saturated heterocycles. The minimum atomic E-state index is -0.332. The molecule has 1 amide bonds. The number of nitrogens with zero attached hydrogens (tertiary/aromatic N) is 2. The van der Waals surface area contributed by atoms with E-state index in [2.05, 4.69) is 21.2 Å². The average Bonchev–Trinajstić information content (AvgIpc) is 3.02. The molecule has 1 heterocycles. The quantitative estimate of drug-likeness (QED) is 0.570. The van der Waals surface area contributed by atoms with E-state index in [9.17, 15) is 14.3 Å². The number of phenols is 1. The van der Waals surface area contributed by atoms with Crippen molar-refractivity contribution >= 4 is 11.6 Å². The Balaban J connectivity index is 1.29.